The van der Waals surface area contributed by atoms with Crippen molar-refractivity contribution in [1.82, 2.24) is 10.2 Å². The van der Waals surface area contributed by atoms with Crippen molar-refractivity contribution in [1.29, 1.82) is 0 Å². The normalized spacial score (nSPS) is 15.0. The number of carbonyl (C=O) groups is 2. The minimum atomic E-state index is -0.701. The minimum absolute atomic E-state index is 0.166. The maximum absolute atomic E-state index is 12.3. The molecule has 2 amide bonds. The molecule has 6 heteroatoms. The van der Waals surface area contributed by atoms with E-state index in [9.17, 15) is 9.59 Å². The summed E-state index contributed by atoms with van der Waals surface area (Å²) in [5, 5.41) is 5.37. The zero-order chi connectivity index (χ0) is 19.8. The summed E-state index contributed by atoms with van der Waals surface area (Å²) in [6.07, 6.45) is 1.92. The second-order valence-electron chi connectivity index (χ2n) is 7.10. The standard InChI is InChI=1S/C22H27N3O3/c1-17(23-22(27)28-16-19-7-3-2-4-8-19)21(26)24-20-11-9-18(10-12-20)15-25-13-5-6-14-25/h2-4,7-12,17H,5-6,13-16H2,1H3,(H,23,27)(H,24,26)/t17-/m0/s1. The number of hydrogen-bond donors (Lipinski definition) is 2. The molecule has 1 saturated heterocycles. The lowest BCUT2D eigenvalue weighted by atomic mass is 10.2. The Hall–Kier alpha value is -2.86. The zero-order valence-corrected chi connectivity index (χ0v) is 16.2. The lowest BCUT2D eigenvalue weighted by molar-refractivity contribution is -0.117. The van der Waals surface area contributed by atoms with E-state index in [4.69, 9.17) is 4.74 Å². The fourth-order valence-corrected chi connectivity index (χ4v) is 3.15. The summed E-state index contributed by atoms with van der Waals surface area (Å²) < 4.78 is 5.14. The van der Waals surface area contributed by atoms with E-state index in [1.807, 2.05) is 54.6 Å². The van der Waals surface area contributed by atoms with Gasteiger partial charge in [0.25, 0.3) is 0 Å². The Labute approximate surface area is 165 Å². The Balaban J connectivity index is 1.42. The van der Waals surface area contributed by atoms with Crippen LogP contribution in [0.3, 0.4) is 0 Å². The monoisotopic (exact) mass is 381 g/mol. The van der Waals surface area contributed by atoms with Gasteiger partial charge in [-0.15, -0.1) is 0 Å². The number of likely N-dealkylation sites (tertiary alicyclic amines) is 1. The van der Waals surface area contributed by atoms with Crippen LogP contribution in [-0.2, 0) is 22.7 Å². The highest BCUT2D eigenvalue weighted by Gasteiger charge is 2.17. The summed E-state index contributed by atoms with van der Waals surface area (Å²) in [7, 11) is 0. The van der Waals surface area contributed by atoms with Crippen molar-refractivity contribution in [2.24, 2.45) is 0 Å². The van der Waals surface area contributed by atoms with E-state index in [0.29, 0.717) is 5.69 Å². The molecule has 1 aliphatic rings. The second kappa shape index (κ2) is 9.90. The number of hydrogen-bond acceptors (Lipinski definition) is 4. The van der Waals surface area contributed by atoms with Crippen molar-refractivity contribution < 1.29 is 14.3 Å². The van der Waals surface area contributed by atoms with Crippen LogP contribution in [0, 0.1) is 0 Å². The molecule has 2 aromatic carbocycles. The third-order valence-corrected chi connectivity index (χ3v) is 4.77. The molecule has 1 atom stereocenters. The summed E-state index contributed by atoms with van der Waals surface area (Å²) >= 11 is 0. The van der Waals surface area contributed by atoms with Crippen molar-refractivity contribution in [3.63, 3.8) is 0 Å². The molecule has 3 rings (SSSR count). The van der Waals surface area contributed by atoms with Crippen molar-refractivity contribution in [3.05, 3.63) is 65.7 Å². The van der Waals surface area contributed by atoms with Crippen LogP contribution in [0.4, 0.5) is 10.5 Å². The average molecular weight is 381 g/mol. The minimum Gasteiger partial charge on any atom is -0.445 e. The van der Waals surface area contributed by atoms with Crippen molar-refractivity contribution in [3.8, 4) is 0 Å². The Bertz CT molecular complexity index is 771. The number of ether oxygens (including phenoxy) is 1. The summed E-state index contributed by atoms with van der Waals surface area (Å²) in [6, 6.07) is 16.5. The maximum atomic E-state index is 12.3. The van der Waals surface area contributed by atoms with E-state index >= 15 is 0 Å². The van der Waals surface area contributed by atoms with Gasteiger partial charge in [-0.2, -0.15) is 0 Å². The van der Waals surface area contributed by atoms with Gasteiger partial charge in [0.15, 0.2) is 0 Å². The highest BCUT2D eigenvalue weighted by Crippen LogP contribution is 2.15. The summed E-state index contributed by atoms with van der Waals surface area (Å²) in [4.78, 5) is 26.6. The Morgan fingerprint density at radius 3 is 2.36 bits per heavy atom. The van der Waals surface area contributed by atoms with Crippen LogP contribution in [0.2, 0.25) is 0 Å². The molecule has 28 heavy (non-hydrogen) atoms. The maximum Gasteiger partial charge on any atom is 0.408 e. The first-order valence-corrected chi connectivity index (χ1v) is 9.69. The predicted molar refractivity (Wildman–Crippen MR) is 109 cm³/mol. The molecule has 0 spiro atoms. The molecule has 2 aromatic rings. The van der Waals surface area contributed by atoms with Gasteiger partial charge in [-0.1, -0.05) is 42.5 Å². The first-order valence-electron chi connectivity index (χ1n) is 9.69. The van der Waals surface area contributed by atoms with Crippen LogP contribution in [0.1, 0.15) is 30.9 Å². The van der Waals surface area contributed by atoms with Gasteiger partial charge in [-0.25, -0.2) is 4.79 Å². The fourth-order valence-electron chi connectivity index (χ4n) is 3.15. The number of rotatable bonds is 7. The molecule has 0 bridgehead atoms. The van der Waals surface area contributed by atoms with Gasteiger partial charge in [0, 0.05) is 12.2 Å². The first kappa shape index (κ1) is 19.9. The summed E-state index contributed by atoms with van der Waals surface area (Å²) in [5.74, 6) is -0.288. The molecular formula is C22H27N3O3. The van der Waals surface area contributed by atoms with E-state index in [1.54, 1.807) is 6.92 Å². The lowest BCUT2D eigenvalue weighted by Gasteiger charge is -2.16. The Morgan fingerprint density at radius 1 is 1.00 bits per heavy atom. The molecule has 0 unspecified atom stereocenters. The van der Waals surface area contributed by atoms with Crippen molar-refractivity contribution >= 4 is 17.7 Å². The molecule has 2 N–H and O–H groups in total. The van der Waals surface area contributed by atoms with Crippen LogP contribution in [0.25, 0.3) is 0 Å². The molecule has 1 heterocycles. The Morgan fingerprint density at radius 2 is 1.68 bits per heavy atom. The van der Waals surface area contributed by atoms with E-state index in [2.05, 4.69) is 15.5 Å². The fraction of sp³-hybridized carbons (Fsp3) is 0.364. The molecule has 0 aromatic heterocycles. The van der Waals surface area contributed by atoms with Gasteiger partial charge in [-0.3, -0.25) is 9.69 Å². The smallest absolute Gasteiger partial charge is 0.408 e. The molecule has 0 radical (unpaired) electrons. The first-order chi connectivity index (χ1) is 13.6. The topological polar surface area (TPSA) is 70.7 Å². The highest BCUT2D eigenvalue weighted by molar-refractivity contribution is 5.96. The molecule has 1 fully saturated rings. The summed E-state index contributed by atoms with van der Waals surface area (Å²) in [6.45, 7) is 5.05. The van der Waals surface area contributed by atoms with Crippen LogP contribution in [0.15, 0.2) is 54.6 Å². The number of nitrogens with one attached hydrogen (secondary N) is 2. The lowest BCUT2D eigenvalue weighted by Crippen LogP contribution is -2.41. The molecule has 1 aliphatic heterocycles. The van der Waals surface area contributed by atoms with Crippen LogP contribution < -0.4 is 10.6 Å². The predicted octanol–water partition coefficient (Wildman–Crippen LogP) is 3.54. The SMILES string of the molecule is C[C@H](NC(=O)OCc1ccccc1)C(=O)Nc1ccc(CN2CCCC2)cc1. The molecule has 0 aliphatic carbocycles. The van der Waals surface area contributed by atoms with Gasteiger partial charge in [0.2, 0.25) is 5.91 Å². The summed E-state index contributed by atoms with van der Waals surface area (Å²) in [5.41, 5.74) is 2.83. The number of carbonyl (C=O) groups excluding carboxylic acids is 2. The average Bonchev–Trinajstić information content (AvgIpc) is 3.21. The van der Waals surface area contributed by atoms with Gasteiger partial charge in [0.05, 0.1) is 0 Å². The number of anilines is 1. The van der Waals surface area contributed by atoms with Crippen LogP contribution >= 0.6 is 0 Å². The van der Waals surface area contributed by atoms with Gasteiger partial charge >= 0.3 is 6.09 Å². The van der Waals surface area contributed by atoms with Crippen molar-refractivity contribution in [2.75, 3.05) is 18.4 Å². The number of benzene rings is 2. The molecular weight excluding hydrogens is 354 g/mol. The van der Waals surface area contributed by atoms with Gasteiger partial charge in [-0.05, 0) is 56.1 Å². The van der Waals surface area contributed by atoms with Gasteiger partial charge in [0.1, 0.15) is 12.6 Å². The molecule has 0 saturated carbocycles. The van der Waals surface area contributed by atoms with E-state index in [-0.39, 0.29) is 12.5 Å². The van der Waals surface area contributed by atoms with E-state index < -0.39 is 12.1 Å². The number of nitrogens with zero attached hydrogens (tertiary/aromatic N) is 1. The molecule has 6 nitrogen and oxygen atoms in total. The number of amides is 2. The molecule has 148 valence electrons. The van der Waals surface area contributed by atoms with E-state index in [0.717, 1.165) is 25.2 Å². The highest BCUT2D eigenvalue weighted by atomic mass is 16.5. The third kappa shape index (κ3) is 6.09. The number of alkyl carbamates (subject to hydrolysis) is 1. The van der Waals surface area contributed by atoms with Gasteiger partial charge < -0.3 is 15.4 Å². The zero-order valence-electron chi connectivity index (χ0n) is 16.2. The second-order valence-corrected chi connectivity index (χ2v) is 7.10. The largest absolute Gasteiger partial charge is 0.445 e. The van der Waals surface area contributed by atoms with Crippen LogP contribution in [-0.4, -0.2) is 36.0 Å². The van der Waals surface area contributed by atoms with Crippen molar-refractivity contribution in [2.45, 2.75) is 39.0 Å². The van der Waals surface area contributed by atoms with E-state index in [1.165, 1.54) is 18.4 Å². The Kier molecular flexibility index (Phi) is 7.03. The van der Waals surface area contributed by atoms with Crippen LogP contribution in [0.5, 0.6) is 0 Å². The third-order valence-electron chi connectivity index (χ3n) is 4.77. The quantitative estimate of drug-likeness (QED) is 0.770.